The van der Waals surface area contributed by atoms with Crippen molar-refractivity contribution in [1.29, 1.82) is 0 Å². The molecule has 0 N–H and O–H groups in total. The van der Waals surface area contributed by atoms with Crippen LogP contribution in [0.15, 0.2) is 23.8 Å². The monoisotopic (exact) mass is 172 g/mol. The van der Waals surface area contributed by atoms with Gasteiger partial charge in [0.1, 0.15) is 0 Å². The number of fused-ring (bicyclic) bond motifs is 1. The lowest BCUT2D eigenvalue weighted by Crippen LogP contribution is -2.10. The molecule has 1 aromatic rings. The number of hydrogen-bond acceptors (Lipinski definition) is 1. The van der Waals surface area contributed by atoms with Crippen molar-refractivity contribution in [2.45, 2.75) is 20.3 Å². The number of aryl methyl sites for hydroxylation is 1. The van der Waals surface area contributed by atoms with Crippen molar-refractivity contribution in [3.05, 3.63) is 40.5 Å². The van der Waals surface area contributed by atoms with Crippen LogP contribution in [0.4, 0.5) is 0 Å². The zero-order valence-electron chi connectivity index (χ0n) is 7.92. The molecule has 0 aliphatic heterocycles. The fourth-order valence-electron chi connectivity index (χ4n) is 1.64. The first-order valence-corrected chi connectivity index (χ1v) is 4.48. The van der Waals surface area contributed by atoms with Gasteiger partial charge in [-0.05, 0) is 36.6 Å². The largest absolute Gasteiger partial charge is 0.294 e. The molecule has 66 valence electrons. The van der Waals surface area contributed by atoms with Crippen LogP contribution in [0.5, 0.6) is 0 Å². The first kappa shape index (κ1) is 8.24. The topological polar surface area (TPSA) is 17.1 Å². The van der Waals surface area contributed by atoms with E-state index in [1.54, 1.807) is 0 Å². The second-order valence-corrected chi connectivity index (χ2v) is 3.63. The number of Topliss-reactive ketones (excluding diaryl/α,β-unsaturated/α-hetero) is 1. The van der Waals surface area contributed by atoms with Gasteiger partial charge in [0, 0.05) is 6.42 Å². The molecule has 0 bridgehead atoms. The predicted octanol–water partition coefficient (Wildman–Crippen LogP) is 2.52. The van der Waals surface area contributed by atoms with Gasteiger partial charge in [0.25, 0.3) is 0 Å². The Hall–Kier alpha value is -1.37. The van der Waals surface area contributed by atoms with Crippen LogP contribution in [-0.4, -0.2) is 5.78 Å². The predicted molar refractivity (Wildman–Crippen MR) is 53.5 cm³/mol. The Balaban J connectivity index is 2.57. The molecule has 1 nitrogen and oxygen atoms in total. The Morgan fingerprint density at radius 3 is 2.77 bits per heavy atom. The summed E-state index contributed by atoms with van der Waals surface area (Å²) in [5, 5.41) is 0. The number of ketones is 1. The molecule has 0 amide bonds. The highest BCUT2D eigenvalue weighted by Crippen LogP contribution is 2.22. The van der Waals surface area contributed by atoms with E-state index in [1.165, 1.54) is 11.1 Å². The van der Waals surface area contributed by atoms with Gasteiger partial charge in [0.2, 0.25) is 0 Å². The van der Waals surface area contributed by atoms with E-state index in [1.807, 2.05) is 19.1 Å². The maximum absolute atomic E-state index is 11.4. The molecule has 0 heterocycles. The van der Waals surface area contributed by atoms with Gasteiger partial charge >= 0.3 is 0 Å². The third-order valence-corrected chi connectivity index (χ3v) is 2.46. The summed E-state index contributed by atoms with van der Waals surface area (Å²) in [6.07, 6.45) is 2.55. The highest BCUT2D eigenvalue weighted by molar-refractivity contribution is 6.03. The fourth-order valence-corrected chi connectivity index (χ4v) is 1.64. The molecular formula is C12H12O. The zero-order valence-corrected chi connectivity index (χ0v) is 7.92. The Labute approximate surface area is 78.1 Å². The normalized spacial score (nSPS) is 15.2. The molecule has 0 spiro atoms. The van der Waals surface area contributed by atoms with Gasteiger partial charge in [0.15, 0.2) is 5.78 Å². The van der Waals surface area contributed by atoms with Gasteiger partial charge < -0.3 is 0 Å². The molecule has 0 unspecified atom stereocenters. The summed E-state index contributed by atoms with van der Waals surface area (Å²) in [5.74, 6) is 0.247. The van der Waals surface area contributed by atoms with Crippen LogP contribution in [0.1, 0.15) is 23.6 Å². The maximum atomic E-state index is 11.4. The summed E-state index contributed by atoms with van der Waals surface area (Å²) in [6.45, 7) is 3.95. The van der Waals surface area contributed by atoms with Gasteiger partial charge in [-0.15, -0.1) is 0 Å². The Bertz CT molecular complexity index is 400. The Kier molecular flexibility index (Phi) is 1.80. The van der Waals surface area contributed by atoms with Crippen molar-refractivity contribution in [1.82, 2.24) is 0 Å². The molecule has 0 saturated carbocycles. The number of carbonyl (C=O) groups excluding carboxylic acids is 1. The minimum atomic E-state index is 0.247. The van der Waals surface area contributed by atoms with Crippen molar-refractivity contribution in [2.75, 3.05) is 0 Å². The van der Waals surface area contributed by atoms with Crippen LogP contribution in [0.3, 0.4) is 0 Å². The highest BCUT2D eigenvalue weighted by atomic mass is 16.1. The van der Waals surface area contributed by atoms with Crippen LogP contribution >= 0.6 is 0 Å². The summed E-state index contributed by atoms with van der Waals surface area (Å²) < 4.78 is 0. The molecular weight excluding hydrogens is 160 g/mol. The number of allylic oxidation sites excluding steroid dienone is 1. The van der Waals surface area contributed by atoms with Crippen molar-refractivity contribution >= 4 is 11.9 Å². The van der Waals surface area contributed by atoms with Crippen LogP contribution in [-0.2, 0) is 11.2 Å². The third-order valence-electron chi connectivity index (χ3n) is 2.46. The summed E-state index contributed by atoms with van der Waals surface area (Å²) in [7, 11) is 0. The van der Waals surface area contributed by atoms with E-state index >= 15 is 0 Å². The molecule has 0 radical (unpaired) electrons. The summed E-state index contributed by atoms with van der Waals surface area (Å²) in [4.78, 5) is 11.4. The van der Waals surface area contributed by atoms with Crippen molar-refractivity contribution < 1.29 is 4.79 Å². The average molecular weight is 172 g/mol. The number of hydrogen-bond donors (Lipinski definition) is 0. The summed E-state index contributed by atoms with van der Waals surface area (Å²) >= 11 is 0. The van der Waals surface area contributed by atoms with Gasteiger partial charge in [-0.25, -0.2) is 0 Å². The molecule has 1 aliphatic carbocycles. The molecule has 0 aromatic heterocycles. The second kappa shape index (κ2) is 2.84. The minimum absolute atomic E-state index is 0.247. The standard InChI is InChI=1S/C12H12O/c1-8-3-4-10-7-12(13)9(2)6-11(10)5-8/h3-6H,7H2,1-2H3. The molecule has 2 rings (SSSR count). The molecule has 0 atom stereocenters. The van der Waals surface area contributed by atoms with E-state index in [0.29, 0.717) is 6.42 Å². The van der Waals surface area contributed by atoms with Crippen LogP contribution in [0.25, 0.3) is 6.08 Å². The minimum Gasteiger partial charge on any atom is -0.294 e. The maximum Gasteiger partial charge on any atom is 0.162 e. The van der Waals surface area contributed by atoms with E-state index in [-0.39, 0.29) is 5.78 Å². The molecule has 0 saturated heterocycles. The summed E-state index contributed by atoms with van der Waals surface area (Å²) in [6, 6.07) is 6.23. The quantitative estimate of drug-likeness (QED) is 0.587. The van der Waals surface area contributed by atoms with E-state index in [4.69, 9.17) is 0 Å². The molecule has 1 aliphatic rings. The SMILES string of the molecule is CC1=Cc2cc(C)ccc2CC1=O. The molecule has 13 heavy (non-hydrogen) atoms. The van der Waals surface area contributed by atoms with Gasteiger partial charge in [-0.2, -0.15) is 0 Å². The van der Waals surface area contributed by atoms with Crippen LogP contribution in [0, 0.1) is 6.92 Å². The first-order valence-electron chi connectivity index (χ1n) is 4.48. The Morgan fingerprint density at radius 2 is 2.00 bits per heavy atom. The second-order valence-electron chi connectivity index (χ2n) is 3.63. The van der Waals surface area contributed by atoms with Crippen molar-refractivity contribution in [3.63, 3.8) is 0 Å². The summed E-state index contributed by atoms with van der Waals surface area (Å²) in [5.41, 5.74) is 4.48. The van der Waals surface area contributed by atoms with Gasteiger partial charge in [-0.1, -0.05) is 23.8 Å². The van der Waals surface area contributed by atoms with E-state index in [2.05, 4.69) is 19.1 Å². The van der Waals surface area contributed by atoms with Crippen molar-refractivity contribution in [3.8, 4) is 0 Å². The third kappa shape index (κ3) is 1.42. The van der Waals surface area contributed by atoms with Gasteiger partial charge in [0.05, 0.1) is 0 Å². The lowest BCUT2D eigenvalue weighted by Gasteiger charge is -2.13. The van der Waals surface area contributed by atoms with Crippen molar-refractivity contribution in [2.24, 2.45) is 0 Å². The Morgan fingerprint density at radius 1 is 1.23 bits per heavy atom. The lowest BCUT2D eigenvalue weighted by molar-refractivity contribution is -0.114. The molecule has 1 heteroatoms. The fraction of sp³-hybridized carbons (Fsp3) is 0.250. The van der Waals surface area contributed by atoms with Crippen LogP contribution in [0.2, 0.25) is 0 Å². The molecule has 1 aromatic carbocycles. The average Bonchev–Trinajstić information content (AvgIpc) is 2.08. The number of carbonyl (C=O) groups is 1. The van der Waals surface area contributed by atoms with Crippen LogP contribution < -0.4 is 0 Å². The molecule has 0 fully saturated rings. The van der Waals surface area contributed by atoms with Gasteiger partial charge in [-0.3, -0.25) is 4.79 Å². The number of benzene rings is 1. The smallest absolute Gasteiger partial charge is 0.162 e. The highest BCUT2D eigenvalue weighted by Gasteiger charge is 2.14. The van der Waals surface area contributed by atoms with E-state index < -0.39 is 0 Å². The number of rotatable bonds is 0. The van der Waals surface area contributed by atoms with E-state index in [0.717, 1.165) is 11.1 Å². The van der Waals surface area contributed by atoms with E-state index in [9.17, 15) is 4.79 Å². The zero-order chi connectivity index (χ0) is 9.42. The lowest BCUT2D eigenvalue weighted by atomic mass is 9.91. The first-order chi connectivity index (χ1) is 6.16.